The third kappa shape index (κ3) is 5.70. The highest BCUT2D eigenvalue weighted by Gasteiger charge is 2.43. The molecule has 3 heterocycles. The van der Waals surface area contributed by atoms with Crippen molar-refractivity contribution in [2.45, 2.75) is 57.8 Å². The predicted octanol–water partition coefficient (Wildman–Crippen LogP) is 1.16. The van der Waals surface area contributed by atoms with Crippen LogP contribution in [0.25, 0.3) is 0 Å². The molecule has 2 aliphatic heterocycles. The van der Waals surface area contributed by atoms with Crippen molar-refractivity contribution in [2.24, 2.45) is 10.9 Å². The number of amides is 2. The van der Waals surface area contributed by atoms with Gasteiger partial charge in [-0.15, -0.1) is 0 Å². The fourth-order valence-corrected chi connectivity index (χ4v) is 3.30. The lowest BCUT2D eigenvalue weighted by molar-refractivity contribution is -0.153. The van der Waals surface area contributed by atoms with Crippen LogP contribution in [0.2, 0.25) is 0 Å². The maximum atomic E-state index is 13.0. The summed E-state index contributed by atoms with van der Waals surface area (Å²) in [5, 5.41) is 5.43. The number of esters is 1. The number of ether oxygens (including phenoxy) is 2. The summed E-state index contributed by atoms with van der Waals surface area (Å²) in [6.45, 7) is 5.23. The second-order valence-electron chi connectivity index (χ2n) is 8.20. The number of nitrogens with one attached hydrogen (secondary N) is 2. The number of rotatable bonds is 4. The third-order valence-corrected chi connectivity index (χ3v) is 5.30. The number of nitrogens with zero attached hydrogens (tertiary/aromatic N) is 2. The number of hydrogen-bond donors (Lipinski definition) is 3. The van der Waals surface area contributed by atoms with Gasteiger partial charge in [-0.25, -0.2) is 14.8 Å². The molecule has 3 atom stereocenters. The van der Waals surface area contributed by atoms with Gasteiger partial charge in [0.1, 0.15) is 25.0 Å². The van der Waals surface area contributed by atoms with Crippen LogP contribution in [-0.2, 0) is 30.4 Å². The molecule has 4 bridgehead atoms. The summed E-state index contributed by atoms with van der Waals surface area (Å²) in [6.07, 6.45) is 4.57. The molecule has 1 aromatic heterocycles. The number of aromatic nitrogens is 1. The summed E-state index contributed by atoms with van der Waals surface area (Å²) in [6, 6.07) is -0.922. The van der Waals surface area contributed by atoms with E-state index in [1.165, 1.54) is 6.26 Å². The van der Waals surface area contributed by atoms with E-state index in [0.29, 0.717) is 17.9 Å². The fourth-order valence-electron chi connectivity index (χ4n) is 3.15. The smallest absolute Gasteiger partial charge is 0.329 e. The number of carbonyl (C=O) groups is 3. The maximum absolute atomic E-state index is 13.0. The Balaban J connectivity index is 1.92. The van der Waals surface area contributed by atoms with Crippen LogP contribution in [0.15, 0.2) is 27.8 Å². The van der Waals surface area contributed by atoms with Crippen molar-refractivity contribution in [3.8, 4) is 0 Å². The van der Waals surface area contributed by atoms with Crippen LogP contribution in [0.5, 0.6) is 0 Å². The van der Waals surface area contributed by atoms with Crippen molar-refractivity contribution in [1.29, 1.82) is 0 Å². The largest absolute Gasteiger partial charge is 0.473 e. The first-order chi connectivity index (χ1) is 15.2. The molecule has 32 heavy (non-hydrogen) atoms. The molecule has 11 heteroatoms. The van der Waals surface area contributed by atoms with Gasteiger partial charge in [0.05, 0.1) is 13.0 Å². The zero-order valence-electron chi connectivity index (χ0n) is 18.3. The minimum atomic E-state index is -1.24. The van der Waals surface area contributed by atoms with E-state index in [4.69, 9.17) is 13.9 Å². The molecule has 2 aliphatic rings. The lowest BCUT2D eigenvalue weighted by atomic mass is 10.00. The van der Waals surface area contributed by atoms with Crippen molar-refractivity contribution in [3.05, 3.63) is 30.0 Å². The van der Waals surface area contributed by atoms with Crippen molar-refractivity contribution in [1.82, 2.24) is 15.6 Å². The van der Waals surface area contributed by atoms with Crippen LogP contribution < -0.4 is 10.6 Å². The van der Waals surface area contributed by atoms with Gasteiger partial charge in [0.25, 0.3) is 5.91 Å². The summed E-state index contributed by atoms with van der Waals surface area (Å²) < 4.78 is 16.6. The molecule has 0 unspecified atom stereocenters. The Labute approximate surface area is 191 Å². The van der Waals surface area contributed by atoms with Crippen LogP contribution in [0, 0.1) is 5.92 Å². The minimum absolute atomic E-state index is 0.0119. The highest BCUT2D eigenvalue weighted by molar-refractivity contribution is 7.80. The number of thiol groups is 1. The monoisotopic (exact) mass is 464 g/mol. The molecular weight excluding hydrogens is 436 g/mol. The van der Waals surface area contributed by atoms with Gasteiger partial charge in [0.2, 0.25) is 17.7 Å². The number of carbonyl (C=O) groups excluding carboxylic acids is 3. The van der Waals surface area contributed by atoms with E-state index in [0.717, 1.165) is 0 Å². The Kier molecular flexibility index (Phi) is 7.60. The van der Waals surface area contributed by atoms with Crippen LogP contribution >= 0.6 is 12.6 Å². The molecule has 0 spiro atoms. The molecule has 10 nitrogen and oxygen atoms in total. The predicted molar refractivity (Wildman–Crippen MR) is 118 cm³/mol. The van der Waals surface area contributed by atoms with Gasteiger partial charge in [0, 0.05) is 0 Å². The molecular formula is C21H28N4O6S. The summed E-state index contributed by atoms with van der Waals surface area (Å²) in [5.41, 5.74) is -0.913. The highest BCUT2D eigenvalue weighted by atomic mass is 32.1. The van der Waals surface area contributed by atoms with Crippen LogP contribution in [0.1, 0.15) is 45.2 Å². The SMILES string of the molecule is CC(C)[C@@H]1NC(=O)[C@]2(C)COC(=N2)c2coc(n2)CNC(=O)C[C@@H](/C=C/CCS)OC1=O. The topological polar surface area (TPSA) is 132 Å². The molecule has 2 amide bonds. The summed E-state index contributed by atoms with van der Waals surface area (Å²) in [7, 11) is 0. The standard InChI is InChI=1S/C21H28N4O6S/c1-12(2)17-19(27)31-13(6-4-5-7-32)8-15(26)22-9-16-23-14(10-29-16)18-25-21(3,11-30-18)20(28)24-17/h4,6,10,12-13,17,32H,5,7-9,11H2,1-3H3,(H,22,26)(H,24,28)/b6-4+/t13-,17+,21+/m1/s1. The second-order valence-corrected chi connectivity index (χ2v) is 8.64. The first-order valence-corrected chi connectivity index (χ1v) is 11.1. The van der Waals surface area contributed by atoms with Gasteiger partial charge in [-0.3, -0.25) is 9.59 Å². The summed E-state index contributed by atoms with van der Waals surface area (Å²) >= 11 is 4.16. The molecule has 0 saturated carbocycles. The molecule has 0 aliphatic carbocycles. The van der Waals surface area contributed by atoms with E-state index in [1.54, 1.807) is 32.9 Å². The Morgan fingerprint density at radius 2 is 2.12 bits per heavy atom. The van der Waals surface area contributed by atoms with E-state index in [-0.39, 0.29) is 43.2 Å². The number of allylic oxidation sites excluding steroid dienone is 1. The Hall–Kier alpha value is -2.82. The molecule has 3 rings (SSSR count). The number of oxazole rings is 1. The molecule has 2 N–H and O–H groups in total. The lowest BCUT2D eigenvalue weighted by Crippen LogP contribution is -2.53. The minimum Gasteiger partial charge on any atom is -0.473 e. The Morgan fingerprint density at radius 3 is 2.84 bits per heavy atom. The molecule has 1 aromatic rings. The van der Waals surface area contributed by atoms with Gasteiger partial charge >= 0.3 is 5.97 Å². The average molecular weight is 465 g/mol. The van der Waals surface area contributed by atoms with Crippen molar-refractivity contribution in [2.75, 3.05) is 12.4 Å². The highest BCUT2D eigenvalue weighted by Crippen LogP contribution is 2.23. The van der Waals surface area contributed by atoms with E-state index in [9.17, 15) is 14.4 Å². The van der Waals surface area contributed by atoms with Crippen molar-refractivity contribution < 1.29 is 28.3 Å². The van der Waals surface area contributed by atoms with E-state index in [2.05, 4.69) is 33.2 Å². The van der Waals surface area contributed by atoms with Gasteiger partial charge < -0.3 is 24.5 Å². The van der Waals surface area contributed by atoms with Gasteiger partial charge in [-0.2, -0.15) is 12.6 Å². The van der Waals surface area contributed by atoms with E-state index < -0.39 is 29.6 Å². The Morgan fingerprint density at radius 1 is 1.34 bits per heavy atom. The number of cyclic esters (lactones) is 1. The number of aliphatic imine (C=N–C) groups is 1. The third-order valence-electron chi connectivity index (χ3n) is 5.04. The quantitative estimate of drug-likeness (QED) is 0.346. The molecule has 174 valence electrons. The molecule has 0 fully saturated rings. The van der Waals surface area contributed by atoms with Gasteiger partial charge in [0.15, 0.2) is 11.2 Å². The van der Waals surface area contributed by atoms with Crippen LogP contribution in [0.4, 0.5) is 0 Å². The number of hydrogen-bond acceptors (Lipinski definition) is 9. The van der Waals surface area contributed by atoms with Gasteiger partial charge in [-0.1, -0.05) is 19.9 Å². The van der Waals surface area contributed by atoms with E-state index in [1.807, 2.05) is 0 Å². The van der Waals surface area contributed by atoms with Crippen LogP contribution in [-0.4, -0.2) is 58.7 Å². The molecule has 0 aromatic carbocycles. The van der Waals surface area contributed by atoms with Crippen molar-refractivity contribution >= 4 is 36.3 Å². The zero-order valence-corrected chi connectivity index (χ0v) is 19.2. The van der Waals surface area contributed by atoms with Gasteiger partial charge in [-0.05, 0) is 31.1 Å². The van der Waals surface area contributed by atoms with Crippen LogP contribution in [0.3, 0.4) is 0 Å². The second kappa shape index (κ2) is 10.2. The fraction of sp³-hybridized carbons (Fsp3) is 0.571. The number of fused-ring (bicyclic) bond motifs is 4. The normalized spacial score (nSPS) is 27.0. The summed E-state index contributed by atoms with van der Waals surface area (Å²) in [4.78, 5) is 47.0. The average Bonchev–Trinajstić information content (AvgIpc) is 3.37. The maximum Gasteiger partial charge on any atom is 0.329 e. The zero-order chi connectivity index (χ0) is 23.3. The van der Waals surface area contributed by atoms with Crippen molar-refractivity contribution in [3.63, 3.8) is 0 Å². The first kappa shape index (κ1) is 23.8. The summed E-state index contributed by atoms with van der Waals surface area (Å²) in [5.74, 6) is -0.678. The Bertz CT molecular complexity index is 927. The molecule has 0 radical (unpaired) electrons. The first-order valence-electron chi connectivity index (χ1n) is 10.4. The lowest BCUT2D eigenvalue weighted by Gasteiger charge is -2.26. The van der Waals surface area contributed by atoms with E-state index >= 15 is 0 Å². The molecule has 0 saturated heterocycles.